The number of rotatable bonds is 6. The van der Waals surface area contributed by atoms with Crippen LogP contribution in [-0.2, 0) is 0 Å². The van der Waals surface area contributed by atoms with Gasteiger partial charge in [-0.15, -0.1) is 0 Å². The first-order valence-corrected chi connectivity index (χ1v) is 6.63. The smallest absolute Gasteiger partial charge is 0.0771 e. The average Bonchev–Trinajstić information content (AvgIpc) is 2.17. The fourth-order valence-electron chi connectivity index (χ4n) is 2.58. The minimum absolute atomic E-state index is 0.527. The third kappa shape index (κ3) is 4.81. The first-order chi connectivity index (χ1) is 7.47. The summed E-state index contributed by atoms with van der Waals surface area (Å²) >= 11 is 0. The molecule has 3 nitrogen and oxygen atoms in total. The predicted molar refractivity (Wildman–Crippen MR) is 66.4 cm³/mol. The highest BCUT2D eigenvalue weighted by Crippen LogP contribution is 2.27. The number of hydrogen-bond acceptors (Lipinski definition) is 3. The van der Waals surface area contributed by atoms with Crippen molar-refractivity contribution in [2.45, 2.75) is 70.0 Å². The molecule has 0 aromatic rings. The largest absolute Gasteiger partial charge is 0.389 e. The van der Waals surface area contributed by atoms with Gasteiger partial charge in [0.25, 0.3) is 0 Å². The van der Waals surface area contributed by atoms with Crippen molar-refractivity contribution in [2.75, 3.05) is 13.1 Å². The number of hydrogen-bond donors (Lipinski definition) is 3. The van der Waals surface area contributed by atoms with E-state index in [0.717, 1.165) is 38.5 Å². The average molecular weight is 229 g/mol. The van der Waals surface area contributed by atoms with Crippen molar-refractivity contribution >= 4 is 0 Å². The highest BCUT2D eigenvalue weighted by atomic mass is 16.3. The van der Waals surface area contributed by atoms with Crippen LogP contribution in [0, 0.1) is 0 Å². The van der Waals surface area contributed by atoms with Gasteiger partial charge in [-0.25, -0.2) is 0 Å². The first-order valence-electron chi connectivity index (χ1n) is 6.63. The molecule has 0 spiro atoms. The first kappa shape index (κ1) is 13.9. The Morgan fingerprint density at radius 3 is 2.44 bits per heavy atom. The lowest BCUT2D eigenvalue weighted by molar-refractivity contribution is -0.00510. The molecule has 16 heavy (non-hydrogen) atoms. The van der Waals surface area contributed by atoms with Gasteiger partial charge in [-0.1, -0.05) is 32.6 Å². The lowest BCUT2D eigenvalue weighted by Crippen LogP contribution is -2.47. The van der Waals surface area contributed by atoms with Gasteiger partial charge >= 0.3 is 0 Å². The molecule has 0 radical (unpaired) electrons. The Hall–Kier alpha value is -0.120. The minimum Gasteiger partial charge on any atom is -0.389 e. The van der Waals surface area contributed by atoms with E-state index in [1.54, 1.807) is 0 Å². The van der Waals surface area contributed by atoms with E-state index in [4.69, 9.17) is 0 Å². The van der Waals surface area contributed by atoms with Crippen molar-refractivity contribution in [1.29, 1.82) is 0 Å². The van der Waals surface area contributed by atoms with E-state index < -0.39 is 11.2 Å². The van der Waals surface area contributed by atoms with Crippen LogP contribution in [0.25, 0.3) is 0 Å². The van der Waals surface area contributed by atoms with Crippen LogP contribution in [0.5, 0.6) is 0 Å². The van der Waals surface area contributed by atoms with Crippen LogP contribution in [0.1, 0.15) is 58.8 Å². The molecule has 1 atom stereocenters. The summed E-state index contributed by atoms with van der Waals surface area (Å²) in [5.41, 5.74) is -1.17. The minimum atomic E-state index is -0.639. The van der Waals surface area contributed by atoms with Gasteiger partial charge in [0.2, 0.25) is 0 Å². The summed E-state index contributed by atoms with van der Waals surface area (Å²) in [5.74, 6) is 0. The third-order valence-corrected chi connectivity index (χ3v) is 3.53. The molecular weight excluding hydrogens is 202 g/mol. The molecule has 1 saturated carbocycles. The van der Waals surface area contributed by atoms with Crippen LogP contribution in [0.15, 0.2) is 0 Å². The molecule has 0 aromatic heterocycles. The standard InChI is InChI=1S/C13H27NO2/c1-3-7-12(2,15)10-14-11-13(16)8-5-4-6-9-13/h14-16H,3-11H2,1-2H3. The van der Waals surface area contributed by atoms with Crippen LogP contribution >= 0.6 is 0 Å². The zero-order valence-corrected chi connectivity index (χ0v) is 10.8. The Morgan fingerprint density at radius 2 is 1.88 bits per heavy atom. The Labute approximate surface area is 99.3 Å². The Kier molecular flexibility index (Phi) is 5.22. The monoisotopic (exact) mass is 229 g/mol. The van der Waals surface area contributed by atoms with Crippen molar-refractivity contribution < 1.29 is 10.2 Å². The van der Waals surface area contributed by atoms with Gasteiger partial charge < -0.3 is 15.5 Å². The van der Waals surface area contributed by atoms with E-state index in [-0.39, 0.29) is 0 Å². The SMILES string of the molecule is CCCC(C)(O)CNCC1(O)CCCCC1. The topological polar surface area (TPSA) is 52.5 Å². The van der Waals surface area contributed by atoms with Crippen LogP contribution in [0.4, 0.5) is 0 Å². The molecule has 96 valence electrons. The normalized spacial score (nSPS) is 24.0. The number of nitrogens with one attached hydrogen (secondary N) is 1. The zero-order chi connectivity index (χ0) is 12.1. The molecular formula is C13H27NO2. The second-order valence-corrected chi connectivity index (χ2v) is 5.64. The van der Waals surface area contributed by atoms with Crippen LogP contribution < -0.4 is 5.32 Å². The van der Waals surface area contributed by atoms with Crippen molar-refractivity contribution in [3.63, 3.8) is 0 Å². The molecule has 0 heterocycles. The van der Waals surface area contributed by atoms with Crippen LogP contribution in [-0.4, -0.2) is 34.5 Å². The van der Waals surface area contributed by atoms with E-state index in [2.05, 4.69) is 12.2 Å². The molecule has 1 rings (SSSR count). The molecule has 0 amide bonds. The summed E-state index contributed by atoms with van der Waals surface area (Å²) in [6, 6.07) is 0. The summed E-state index contributed by atoms with van der Waals surface area (Å²) in [7, 11) is 0. The second kappa shape index (κ2) is 5.99. The fourth-order valence-corrected chi connectivity index (χ4v) is 2.58. The quantitative estimate of drug-likeness (QED) is 0.651. The van der Waals surface area contributed by atoms with Crippen molar-refractivity contribution in [3.05, 3.63) is 0 Å². The summed E-state index contributed by atoms with van der Waals surface area (Å²) in [5, 5.41) is 23.5. The van der Waals surface area contributed by atoms with Gasteiger partial charge in [0.15, 0.2) is 0 Å². The van der Waals surface area contributed by atoms with Gasteiger partial charge in [0.05, 0.1) is 11.2 Å². The highest BCUT2D eigenvalue weighted by Gasteiger charge is 2.29. The maximum atomic E-state index is 10.3. The molecule has 1 aliphatic carbocycles. The maximum absolute atomic E-state index is 10.3. The molecule has 0 saturated heterocycles. The number of aliphatic hydroxyl groups is 2. The molecule has 0 aromatic carbocycles. The summed E-state index contributed by atoms with van der Waals surface area (Å²) in [4.78, 5) is 0. The lowest BCUT2D eigenvalue weighted by atomic mass is 9.84. The van der Waals surface area contributed by atoms with Crippen molar-refractivity contribution in [3.8, 4) is 0 Å². The molecule has 0 aliphatic heterocycles. The van der Waals surface area contributed by atoms with E-state index in [1.807, 2.05) is 6.92 Å². The van der Waals surface area contributed by atoms with Gasteiger partial charge in [0, 0.05) is 13.1 Å². The van der Waals surface area contributed by atoms with Gasteiger partial charge in [-0.3, -0.25) is 0 Å². The van der Waals surface area contributed by atoms with Crippen LogP contribution in [0.3, 0.4) is 0 Å². The molecule has 1 fully saturated rings. The molecule has 1 aliphatic rings. The van der Waals surface area contributed by atoms with E-state index in [0.29, 0.717) is 13.1 Å². The van der Waals surface area contributed by atoms with Crippen molar-refractivity contribution in [1.82, 2.24) is 5.32 Å². The Bertz CT molecular complexity index is 198. The third-order valence-electron chi connectivity index (χ3n) is 3.53. The molecule has 0 bridgehead atoms. The molecule has 1 unspecified atom stereocenters. The van der Waals surface area contributed by atoms with Crippen molar-refractivity contribution in [2.24, 2.45) is 0 Å². The zero-order valence-electron chi connectivity index (χ0n) is 10.8. The maximum Gasteiger partial charge on any atom is 0.0771 e. The Morgan fingerprint density at radius 1 is 1.25 bits per heavy atom. The van der Waals surface area contributed by atoms with E-state index >= 15 is 0 Å². The summed E-state index contributed by atoms with van der Waals surface area (Å²) < 4.78 is 0. The molecule has 3 heteroatoms. The summed E-state index contributed by atoms with van der Waals surface area (Å²) in [6.45, 7) is 5.12. The lowest BCUT2D eigenvalue weighted by Gasteiger charge is -2.33. The Balaban J connectivity index is 2.23. The van der Waals surface area contributed by atoms with Gasteiger partial charge in [0.1, 0.15) is 0 Å². The summed E-state index contributed by atoms with van der Waals surface area (Å²) in [6.07, 6.45) is 7.09. The van der Waals surface area contributed by atoms with Crippen LogP contribution in [0.2, 0.25) is 0 Å². The highest BCUT2D eigenvalue weighted by molar-refractivity contribution is 4.86. The second-order valence-electron chi connectivity index (χ2n) is 5.64. The van der Waals surface area contributed by atoms with Gasteiger partial charge in [-0.2, -0.15) is 0 Å². The van der Waals surface area contributed by atoms with Gasteiger partial charge in [-0.05, 0) is 26.2 Å². The molecule has 3 N–H and O–H groups in total. The predicted octanol–water partition coefficient (Wildman–Crippen LogP) is 1.82. The van der Waals surface area contributed by atoms with E-state index in [9.17, 15) is 10.2 Å². The van der Waals surface area contributed by atoms with E-state index in [1.165, 1.54) is 6.42 Å². The fraction of sp³-hybridized carbons (Fsp3) is 1.00.